The monoisotopic (exact) mass is 302 g/mol. The molecule has 0 aliphatic heterocycles. The molecule has 0 saturated heterocycles. The maximum absolute atomic E-state index is 11.8. The Kier molecular flexibility index (Phi) is 5.55. The Bertz CT molecular complexity index is 607. The van der Waals surface area contributed by atoms with Gasteiger partial charge in [-0.25, -0.2) is 4.68 Å². The van der Waals surface area contributed by atoms with E-state index in [1.807, 2.05) is 43.5 Å². The number of nitrogens with one attached hydrogen (secondary N) is 1. The summed E-state index contributed by atoms with van der Waals surface area (Å²) in [5, 5.41) is 7.24. The van der Waals surface area contributed by atoms with Gasteiger partial charge in [0, 0.05) is 6.20 Å². The summed E-state index contributed by atoms with van der Waals surface area (Å²) >= 11 is 0. The Labute approximate surface area is 130 Å². The fourth-order valence-electron chi connectivity index (χ4n) is 2.09. The van der Waals surface area contributed by atoms with Crippen LogP contribution in [0.15, 0.2) is 36.5 Å². The van der Waals surface area contributed by atoms with Crippen molar-refractivity contribution in [3.8, 4) is 11.4 Å². The van der Waals surface area contributed by atoms with Crippen LogP contribution in [0.3, 0.4) is 0 Å². The molecule has 1 unspecified atom stereocenters. The molecular formula is C16H22N4O2. The molecule has 1 aromatic heterocycles. The molecule has 0 aliphatic rings. The van der Waals surface area contributed by atoms with E-state index in [0.717, 1.165) is 23.6 Å². The predicted molar refractivity (Wildman–Crippen MR) is 84.8 cm³/mol. The molecule has 0 saturated carbocycles. The van der Waals surface area contributed by atoms with Gasteiger partial charge in [-0.1, -0.05) is 13.3 Å². The van der Waals surface area contributed by atoms with Crippen LogP contribution in [0.25, 0.3) is 5.69 Å². The minimum absolute atomic E-state index is 0.138. The van der Waals surface area contributed by atoms with Crippen molar-refractivity contribution in [3.63, 3.8) is 0 Å². The Morgan fingerprint density at radius 3 is 2.73 bits per heavy atom. The minimum Gasteiger partial charge on any atom is -0.497 e. The highest BCUT2D eigenvalue weighted by atomic mass is 16.5. The normalized spacial score (nSPS) is 12.0. The number of carbonyl (C=O) groups excluding carboxylic acids is 1. The minimum atomic E-state index is -0.450. The predicted octanol–water partition coefficient (Wildman–Crippen LogP) is 1.62. The molecule has 1 atom stereocenters. The number of rotatable bonds is 7. The van der Waals surface area contributed by atoms with Crippen LogP contribution in [0.2, 0.25) is 0 Å². The maximum Gasteiger partial charge on any atom is 0.237 e. The molecule has 0 spiro atoms. The van der Waals surface area contributed by atoms with Crippen LogP contribution in [0, 0.1) is 0 Å². The van der Waals surface area contributed by atoms with Crippen LogP contribution in [-0.4, -0.2) is 28.8 Å². The summed E-state index contributed by atoms with van der Waals surface area (Å²) in [6.07, 6.45) is 3.43. The molecule has 6 heteroatoms. The topological polar surface area (TPSA) is 82.2 Å². The summed E-state index contributed by atoms with van der Waals surface area (Å²) in [7, 11) is 1.63. The molecule has 0 bridgehead atoms. The van der Waals surface area contributed by atoms with Crippen LogP contribution in [0.1, 0.15) is 25.5 Å². The number of carbonyl (C=O) groups is 1. The van der Waals surface area contributed by atoms with Gasteiger partial charge in [-0.15, -0.1) is 0 Å². The van der Waals surface area contributed by atoms with E-state index < -0.39 is 6.04 Å². The lowest BCUT2D eigenvalue weighted by Gasteiger charge is -2.10. The van der Waals surface area contributed by atoms with Crippen molar-refractivity contribution >= 4 is 5.91 Å². The molecule has 0 fully saturated rings. The van der Waals surface area contributed by atoms with Gasteiger partial charge in [-0.05, 0) is 36.8 Å². The van der Waals surface area contributed by atoms with Crippen molar-refractivity contribution in [1.29, 1.82) is 0 Å². The van der Waals surface area contributed by atoms with Gasteiger partial charge in [-0.3, -0.25) is 4.79 Å². The summed E-state index contributed by atoms with van der Waals surface area (Å²) in [4.78, 5) is 11.8. The van der Waals surface area contributed by atoms with Crippen molar-refractivity contribution in [2.24, 2.45) is 5.73 Å². The molecule has 0 aliphatic carbocycles. The average Bonchev–Trinajstić information content (AvgIpc) is 3.02. The van der Waals surface area contributed by atoms with E-state index in [0.29, 0.717) is 13.0 Å². The zero-order valence-corrected chi connectivity index (χ0v) is 13.0. The van der Waals surface area contributed by atoms with Crippen molar-refractivity contribution in [3.05, 3.63) is 42.2 Å². The lowest BCUT2D eigenvalue weighted by Crippen LogP contribution is -2.40. The number of benzene rings is 1. The van der Waals surface area contributed by atoms with Gasteiger partial charge in [0.2, 0.25) is 5.91 Å². The lowest BCUT2D eigenvalue weighted by atomic mass is 10.2. The smallest absolute Gasteiger partial charge is 0.237 e. The first kappa shape index (κ1) is 16.0. The number of hydrogen-bond acceptors (Lipinski definition) is 4. The summed E-state index contributed by atoms with van der Waals surface area (Å²) < 4.78 is 6.89. The third-order valence-electron chi connectivity index (χ3n) is 3.36. The van der Waals surface area contributed by atoms with Gasteiger partial charge >= 0.3 is 0 Å². The molecule has 2 aromatic rings. The Hall–Kier alpha value is -2.34. The summed E-state index contributed by atoms with van der Waals surface area (Å²) in [6, 6.07) is 9.02. The third kappa shape index (κ3) is 4.08. The Morgan fingerprint density at radius 1 is 1.36 bits per heavy atom. The lowest BCUT2D eigenvalue weighted by molar-refractivity contribution is -0.122. The van der Waals surface area contributed by atoms with Crippen LogP contribution in [0.4, 0.5) is 0 Å². The molecule has 2 rings (SSSR count). The molecule has 3 N–H and O–H groups in total. The van der Waals surface area contributed by atoms with Crippen molar-refractivity contribution in [2.45, 2.75) is 32.4 Å². The van der Waals surface area contributed by atoms with E-state index in [1.54, 1.807) is 11.8 Å². The van der Waals surface area contributed by atoms with Gasteiger partial charge < -0.3 is 15.8 Å². The first-order chi connectivity index (χ1) is 10.6. The second-order valence-corrected chi connectivity index (χ2v) is 5.06. The molecule has 118 valence electrons. The second kappa shape index (κ2) is 7.61. The zero-order chi connectivity index (χ0) is 15.9. The molecule has 1 amide bonds. The van der Waals surface area contributed by atoms with E-state index in [1.165, 1.54) is 0 Å². The standard InChI is InChI=1S/C16H22N4O2/c1-3-4-15(17)16(21)18-11-12-9-10-20(19-12)13-5-7-14(22-2)8-6-13/h5-10,15H,3-4,11,17H2,1-2H3,(H,18,21). The second-order valence-electron chi connectivity index (χ2n) is 5.06. The van der Waals surface area contributed by atoms with Crippen LogP contribution in [-0.2, 0) is 11.3 Å². The fourth-order valence-corrected chi connectivity index (χ4v) is 2.09. The SMILES string of the molecule is CCCC(N)C(=O)NCc1ccn(-c2ccc(OC)cc2)n1. The summed E-state index contributed by atoms with van der Waals surface area (Å²) in [6.45, 7) is 2.38. The van der Waals surface area contributed by atoms with Crippen LogP contribution >= 0.6 is 0 Å². The Morgan fingerprint density at radius 2 is 2.09 bits per heavy atom. The van der Waals surface area contributed by atoms with Crippen molar-refractivity contribution < 1.29 is 9.53 Å². The maximum atomic E-state index is 11.8. The Balaban J connectivity index is 1.95. The third-order valence-corrected chi connectivity index (χ3v) is 3.36. The fraction of sp³-hybridized carbons (Fsp3) is 0.375. The van der Waals surface area contributed by atoms with Crippen molar-refractivity contribution in [2.75, 3.05) is 7.11 Å². The quantitative estimate of drug-likeness (QED) is 0.814. The summed E-state index contributed by atoms with van der Waals surface area (Å²) in [5.74, 6) is 0.661. The molecular weight excluding hydrogens is 280 g/mol. The highest BCUT2D eigenvalue weighted by Crippen LogP contribution is 2.14. The number of nitrogens with zero attached hydrogens (tertiary/aromatic N) is 2. The van der Waals surface area contributed by atoms with Crippen molar-refractivity contribution in [1.82, 2.24) is 15.1 Å². The van der Waals surface area contributed by atoms with E-state index in [2.05, 4.69) is 10.4 Å². The van der Waals surface area contributed by atoms with Gasteiger partial charge in [-0.2, -0.15) is 5.10 Å². The van der Waals surface area contributed by atoms with Gasteiger partial charge in [0.25, 0.3) is 0 Å². The van der Waals surface area contributed by atoms with Gasteiger partial charge in [0.1, 0.15) is 5.75 Å². The molecule has 1 heterocycles. The number of amides is 1. The first-order valence-electron chi connectivity index (χ1n) is 7.36. The van der Waals surface area contributed by atoms with Gasteiger partial charge in [0.15, 0.2) is 0 Å². The highest BCUT2D eigenvalue weighted by molar-refractivity contribution is 5.81. The van der Waals surface area contributed by atoms with Crippen LogP contribution < -0.4 is 15.8 Å². The van der Waals surface area contributed by atoms with E-state index >= 15 is 0 Å². The number of ether oxygens (including phenoxy) is 1. The number of aromatic nitrogens is 2. The molecule has 1 aromatic carbocycles. The first-order valence-corrected chi connectivity index (χ1v) is 7.36. The number of methoxy groups -OCH3 is 1. The van der Waals surface area contributed by atoms with Gasteiger partial charge in [0.05, 0.1) is 31.1 Å². The number of hydrogen-bond donors (Lipinski definition) is 2. The molecule has 0 radical (unpaired) electrons. The van der Waals surface area contributed by atoms with E-state index in [-0.39, 0.29) is 5.91 Å². The molecule has 6 nitrogen and oxygen atoms in total. The van der Waals surface area contributed by atoms with Crippen LogP contribution in [0.5, 0.6) is 5.75 Å². The summed E-state index contributed by atoms with van der Waals surface area (Å²) in [5.41, 5.74) is 7.48. The van der Waals surface area contributed by atoms with E-state index in [9.17, 15) is 4.79 Å². The average molecular weight is 302 g/mol. The highest BCUT2D eigenvalue weighted by Gasteiger charge is 2.12. The van der Waals surface area contributed by atoms with E-state index in [4.69, 9.17) is 10.5 Å². The molecule has 22 heavy (non-hydrogen) atoms. The zero-order valence-electron chi connectivity index (χ0n) is 13.0. The number of nitrogens with two attached hydrogens (primary N) is 1. The largest absolute Gasteiger partial charge is 0.497 e.